The first-order valence-electron chi connectivity index (χ1n) is 5.61. The second-order valence-corrected chi connectivity index (χ2v) is 4.14. The van der Waals surface area contributed by atoms with E-state index in [4.69, 9.17) is 0 Å². The number of nitrogens with one attached hydrogen (secondary N) is 1. The van der Waals surface area contributed by atoms with E-state index in [2.05, 4.69) is 11.9 Å². The molecule has 4 nitrogen and oxygen atoms in total. The molecule has 0 amide bonds. The summed E-state index contributed by atoms with van der Waals surface area (Å²) in [7, 11) is 3.59. The molecule has 0 radical (unpaired) electrons. The van der Waals surface area contributed by atoms with Crippen LogP contribution in [-0.2, 0) is 20.6 Å². The van der Waals surface area contributed by atoms with Gasteiger partial charge in [-0.2, -0.15) is 0 Å². The highest BCUT2D eigenvalue weighted by atomic mass is 35.5. The van der Waals surface area contributed by atoms with Crippen LogP contribution in [0.2, 0.25) is 0 Å². The molecule has 18 heavy (non-hydrogen) atoms. The summed E-state index contributed by atoms with van der Waals surface area (Å²) in [6, 6.07) is 6.08. The predicted molar refractivity (Wildman–Crippen MR) is 70.1 cm³/mol. The largest absolute Gasteiger partial charge is 1.00 e. The summed E-state index contributed by atoms with van der Waals surface area (Å²) in [6.07, 6.45) is 1.83. The van der Waals surface area contributed by atoms with Gasteiger partial charge in [0, 0.05) is 27.2 Å². The van der Waals surface area contributed by atoms with Crippen molar-refractivity contribution in [2.24, 2.45) is 14.1 Å². The zero-order valence-corrected chi connectivity index (χ0v) is 11.4. The van der Waals surface area contributed by atoms with Crippen molar-refractivity contribution in [3.8, 4) is 0 Å². The van der Waals surface area contributed by atoms with Gasteiger partial charge in [-0.3, -0.25) is 9.13 Å². The van der Waals surface area contributed by atoms with E-state index < -0.39 is 0 Å². The normalized spacial score (nSPS) is 10.3. The lowest BCUT2D eigenvalue weighted by molar-refractivity contribution is -0.00000366. The van der Waals surface area contributed by atoms with Gasteiger partial charge in [0.1, 0.15) is 0 Å². The lowest BCUT2D eigenvalue weighted by atomic mass is 10.2. The van der Waals surface area contributed by atoms with Crippen LogP contribution < -0.4 is 23.4 Å². The van der Waals surface area contributed by atoms with Crippen molar-refractivity contribution >= 4 is 11.0 Å². The van der Waals surface area contributed by atoms with Gasteiger partial charge < -0.3 is 17.7 Å². The fourth-order valence-electron chi connectivity index (χ4n) is 1.98. The maximum absolute atomic E-state index is 11.8. The Bertz CT molecular complexity index is 612. The average Bonchev–Trinajstić information content (AvgIpc) is 2.55. The van der Waals surface area contributed by atoms with E-state index in [1.807, 2.05) is 24.3 Å². The van der Waals surface area contributed by atoms with E-state index in [0.717, 1.165) is 24.1 Å². The Morgan fingerprint density at radius 1 is 1.28 bits per heavy atom. The van der Waals surface area contributed by atoms with Gasteiger partial charge >= 0.3 is 5.69 Å². The zero-order chi connectivity index (χ0) is 12.4. The van der Waals surface area contributed by atoms with Crippen LogP contribution in [0.1, 0.15) is 5.56 Å². The van der Waals surface area contributed by atoms with Crippen molar-refractivity contribution in [2.75, 3.05) is 6.54 Å². The highest BCUT2D eigenvalue weighted by Crippen LogP contribution is 2.13. The Morgan fingerprint density at radius 2 is 1.94 bits per heavy atom. The number of hydrogen-bond donors (Lipinski definition) is 1. The summed E-state index contributed by atoms with van der Waals surface area (Å²) < 4.78 is 3.34. The molecule has 0 aliphatic heterocycles. The first-order valence-corrected chi connectivity index (χ1v) is 5.61. The van der Waals surface area contributed by atoms with Crippen molar-refractivity contribution in [3.05, 3.63) is 46.9 Å². The lowest BCUT2D eigenvalue weighted by Gasteiger charge is -2.03. The van der Waals surface area contributed by atoms with Crippen LogP contribution in [0.5, 0.6) is 0 Å². The fraction of sp³-hybridized carbons (Fsp3) is 0.308. The van der Waals surface area contributed by atoms with Gasteiger partial charge in [-0.25, -0.2) is 4.79 Å². The van der Waals surface area contributed by atoms with Crippen LogP contribution in [-0.4, -0.2) is 15.7 Å². The van der Waals surface area contributed by atoms with E-state index >= 15 is 0 Å². The van der Waals surface area contributed by atoms with Crippen molar-refractivity contribution < 1.29 is 12.4 Å². The minimum absolute atomic E-state index is 0. The number of halogens is 1. The molecule has 1 N–H and O–H groups in total. The molecule has 0 saturated heterocycles. The Balaban J connectivity index is 0.00000162. The van der Waals surface area contributed by atoms with E-state index in [1.165, 1.54) is 5.56 Å². The number of hydrogen-bond acceptors (Lipinski definition) is 2. The summed E-state index contributed by atoms with van der Waals surface area (Å²) >= 11 is 0. The summed E-state index contributed by atoms with van der Waals surface area (Å²) in [5, 5.41) is 3.24. The van der Waals surface area contributed by atoms with Gasteiger partial charge in [-0.1, -0.05) is 12.1 Å². The first-order chi connectivity index (χ1) is 8.15. The summed E-state index contributed by atoms with van der Waals surface area (Å²) in [6.45, 7) is 5.23. The molecule has 0 saturated carbocycles. The van der Waals surface area contributed by atoms with Crippen LogP contribution in [0.15, 0.2) is 35.6 Å². The minimum Gasteiger partial charge on any atom is -1.00 e. The third-order valence-electron chi connectivity index (χ3n) is 2.95. The van der Waals surface area contributed by atoms with Gasteiger partial charge in [0.05, 0.1) is 11.0 Å². The number of nitrogens with zero attached hydrogens (tertiary/aromatic N) is 2. The van der Waals surface area contributed by atoms with Crippen LogP contribution in [0.4, 0.5) is 0 Å². The van der Waals surface area contributed by atoms with E-state index in [0.29, 0.717) is 0 Å². The maximum atomic E-state index is 11.8. The molecular formula is C13H17ClN3O-. The number of benzene rings is 1. The number of aryl methyl sites for hydroxylation is 2. The Hall–Kier alpha value is -1.52. The molecule has 1 aromatic heterocycles. The third-order valence-corrected chi connectivity index (χ3v) is 2.95. The SMILES string of the molecule is C=CCNCc1ccc2c(c1)n(C)c(=O)n2C.[Cl-]. The van der Waals surface area contributed by atoms with Crippen LogP contribution in [0.3, 0.4) is 0 Å². The second kappa shape index (κ2) is 5.89. The summed E-state index contributed by atoms with van der Waals surface area (Å²) in [5.74, 6) is 0. The molecule has 2 aromatic rings. The molecule has 1 aromatic carbocycles. The summed E-state index contributed by atoms with van der Waals surface area (Å²) in [4.78, 5) is 11.8. The third kappa shape index (κ3) is 2.49. The molecule has 0 aliphatic carbocycles. The fourth-order valence-corrected chi connectivity index (χ4v) is 1.98. The molecule has 0 unspecified atom stereocenters. The standard InChI is InChI=1S/C13H17N3O.ClH/c1-4-7-14-9-10-5-6-11-12(8-10)16(3)13(17)15(11)2;/h4-6,8,14H,1,7,9H2,2-3H3;1H/p-1. The number of fused-ring (bicyclic) bond motifs is 1. The smallest absolute Gasteiger partial charge is 0.328 e. The van der Waals surface area contributed by atoms with Crippen molar-refractivity contribution in [1.82, 2.24) is 14.5 Å². The highest BCUT2D eigenvalue weighted by Gasteiger charge is 2.07. The molecule has 0 aliphatic rings. The molecule has 2 rings (SSSR count). The van der Waals surface area contributed by atoms with E-state index in [-0.39, 0.29) is 18.1 Å². The van der Waals surface area contributed by atoms with Crippen molar-refractivity contribution in [2.45, 2.75) is 6.54 Å². The highest BCUT2D eigenvalue weighted by molar-refractivity contribution is 5.76. The molecule has 0 bridgehead atoms. The molecule has 0 atom stereocenters. The quantitative estimate of drug-likeness (QED) is 0.522. The molecular weight excluding hydrogens is 250 g/mol. The van der Waals surface area contributed by atoms with E-state index in [9.17, 15) is 4.79 Å². The lowest BCUT2D eigenvalue weighted by Crippen LogP contribution is -3.00. The molecule has 1 heterocycles. The van der Waals surface area contributed by atoms with Gasteiger partial charge in [0.25, 0.3) is 0 Å². The topological polar surface area (TPSA) is 39.0 Å². The monoisotopic (exact) mass is 266 g/mol. The van der Waals surface area contributed by atoms with Gasteiger partial charge in [-0.05, 0) is 17.7 Å². The molecule has 0 spiro atoms. The Kier molecular flexibility index (Phi) is 4.76. The maximum Gasteiger partial charge on any atom is 0.328 e. The van der Waals surface area contributed by atoms with E-state index in [1.54, 1.807) is 23.2 Å². The van der Waals surface area contributed by atoms with Gasteiger partial charge in [0.15, 0.2) is 0 Å². The number of rotatable bonds is 4. The average molecular weight is 267 g/mol. The van der Waals surface area contributed by atoms with Crippen LogP contribution in [0, 0.1) is 0 Å². The minimum atomic E-state index is 0. The van der Waals surface area contributed by atoms with Gasteiger partial charge in [-0.15, -0.1) is 6.58 Å². The molecule has 5 heteroatoms. The Morgan fingerprint density at radius 3 is 2.61 bits per heavy atom. The van der Waals surface area contributed by atoms with Crippen LogP contribution >= 0.6 is 0 Å². The molecule has 98 valence electrons. The van der Waals surface area contributed by atoms with Gasteiger partial charge in [0.2, 0.25) is 0 Å². The zero-order valence-electron chi connectivity index (χ0n) is 10.6. The molecule has 0 fully saturated rings. The van der Waals surface area contributed by atoms with Crippen molar-refractivity contribution in [1.29, 1.82) is 0 Å². The summed E-state index contributed by atoms with van der Waals surface area (Å²) in [5.41, 5.74) is 3.11. The first kappa shape index (κ1) is 14.5. The predicted octanol–water partition coefficient (Wildman–Crippen LogP) is -1.84. The number of aromatic nitrogens is 2. The second-order valence-electron chi connectivity index (χ2n) is 4.14. The number of imidazole rings is 1. The Labute approximate surface area is 112 Å². The van der Waals surface area contributed by atoms with Crippen molar-refractivity contribution in [3.63, 3.8) is 0 Å². The van der Waals surface area contributed by atoms with Crippen LogP contribution in [0.25, 0.3) is 11.0 Å².